The summed E-state index contributed by atoms with van der Waals surface area (Å²) < 4.78 is 1.12. The van der Waals surface area contributed by atoms with Crippen molar-refractivity contribution < 1.29 is 0 Å². The molecule has 0 spiro atoms. The molecule has 0 aliphatic carbocycles. The molecule has 0 radical (unpaired) electrons. The zero-order valence-electron chi connectivity index (χ0n) is 8.05. The number of rotatable bonds is 3. The van der Waals surface area contributed by atoms with Crippen molar-refractivity contribution >= 4 is 15.9 Å². The quantitative estimate of drug-likeness (QED) is 0.824. The first-order valence-corrected chi connectivity index (χ1v) is 5.06. The van der Waals surface area contributed by atoms with Crippen molar-refractivity contribution in [2.45, 2.75) is 13.5 Å². The number of nitrogens with zero attached hydrogens (tertiary/aromatic N) is 1. The summed E-state index contributed by atoms with van der Waals surface area (Å²) in [6, 6.07) is 6.31. The first-order chi connectivity index (χ1) is 6.13. The number of benzene rings is 1. The van der Waals surface area contributed by atoms with E-state index in [1.54, 1.807) is 0 Å². The monoisotopic (exact) mass is 242 g/mol. The molecule has 0 fully saturated rings. The van der Waals surface area contributed by atoms with E-state index in [0.29, 0.717) is 6.67 Å². The van der Waals surface area contributed by atoms with E-state index in [4.69, 9.17) is 5.73 Å². The lowest BCUT2D eigenvalue weighted by molar-refractivity contribution is 0.336. The van der Waals surface area contributed by atoms with Crippen LogP contribution in [0.15, 0.2) is 22.7 Å². The fourth-order valence-corrected chi connectivity index (χ4v) is 1.57. The summed E-state index contributed by atoms with van der Waals surface area (Å²) in [5, 5.41) is 0. The van der Waals surface area contributed by atoms with Crippen LogP contribution in [0.25, 0.3) is 0 Å². The van der Waals surface area contributed by atoms with Crippen molar-refractivity contribution in [2.75, 3.05) is 13.7 Å². The van der Waals surface area contributed by atoms with Crippen LogP contribution in [-0.4, -0.2) is 18.6 Å². The average molecular weight is 243 g/mol. The summed E-state index contributed by atoms with van der Waals surface area (Å²) in [5.41, 5.74) is 8.15. The Hall–Kier alpha value is -0.380. The molecular formula is C10H15BrN2. The van der Waals surface area contributed by atoms with E-state index in [2.05, 4.69) is 46.0 Å². The number of halogens is 1. The predicted octanol–water partition coefficient (Wildman–Crippen LogP) is 2.11. The minimum atomic E-state index is 0.589. The van der Waals surface area contributed by atoms with E-state index in [1.807, 2.05) is 7.05 Å². The third-order valence-corrected chi connectivity index (χ3v) is 2.56. The molecule has 13 heavy (non-hydrogen) atoms. The van der Waals surface area contributed by atoms with Crippen molar-refractivity contribution in [2.24, 2.45) is 5.73 Å². The summed E-state index contributed by atoms with van der Waals surface area (Å²) in [4.78, 5) is 2.08. The molecule has 3 heteroatoms. The van der Waals surface area contributed by atoms with Gasteiger partial charge in [0.05, 0.1) is 0 Å². The molecule has 0 amide bonds. The molecule has 0 atom stereocenters. The van der Waals surface area contributed by atoms with E-state index in [1.165, 1.54) is 11.1 Å². The highest BCUT2D eigenvalue weighted by atomic mass is 79.9. The third-order valence-electron chi connectivity index (χ3n) is 2.06. The molecule has 2 nitrogen and oxygen atoms in total. The van der Waals surface area contributed by atoms with Crippen molar-refractivity contribution in [3.8, 4) is 0 Å². The van der Waals surface area contributed by atoms with Gasteiger partial charge in [-0.1, -0.05) is 22.0 Å². The Balaban J connectivity index is 2.81. The zero-order valence-corrected chi connectivity index (χ0v) is 9.63. The number of hydrogen-bond donors (Lipinski definition) is 1. The Morgan fingerprint density at radius 2 is 2.15 bits per heavy atom. The molecule has 0 unspecified atom stereocenters. The molecule has 0 aliphatic heterocycles. The minimum Gasteiger partial charge on any atom is -0.318 e. The molecule has 0 aromatic heterocycles. The first kappa shape index (κ1) is 10.7. The van der Waals surface area contributed by atoms with Crippen molar-refractivity contribution in [3.63, 3.8) is 0 Å². The Kier molecular flexibility index (Phi) is 3.90. The molecule has 0 saturated carbocycles. The minimum absolute atomic E-state index is 0.589. The van der Waals surface area contributed by atoms with E-state index in [9.17, 15) is 0 Å². The van der Waals surface area contributed by atoms with Crippen molar-refractivity contribution in [1.29, 1.82) is 0 Å². The predicted molar refractivity (Wildman–Crippen MR) is 59.4 cm³/mol. The molecule has 0 heterocycles. The highest BCUT2D eigenvalue weighted by molar-refractivity contribution is 9.10. The molecular weight excluding hydrogens is 228 g/mol. The Labute approximate surface area is 87.9 Å². The van der Waals surface area contributed by atoms with Gasteiger partial charge in [-0.25, -0.2) is 0 Å². The summed E-state index contributed by atoms with van der Waals surface area (Å²) in [6.45, 7) is 3.61. The van der Waals surface area contributed by atoms with E-state index < -0.39 is 0 Å². The molecule has 1 aromatic rings. The Morgan fingerprint density at radius 3 is 2.77 bits per heavy atom. The topological polar surface area (TPSA) is 29.3 Å². The van der Waals surface area contributed by atoms with Crippen LogP contribution in [0.2, 0.25) is 0 Å². The van der Waals surface area contributed by atoms with Gasteiger partial charge in [0.1, 0.15) is 0 Å². The van der Waals surface area contributed by atoms with Crippen molar-refractivity contribution in [1.82, 2.24) is 4.90 Å². The van der Waals surface area contributed by atoms with Gasteiger partial charge < -0.3 is 5.73 Å². The van der Waals surface area contributed by atoms with E-state index >= 15 is 0 Å². The second-order valence-electron chi connectivity index (χ2n) is 3.27. The van der Waals surface area contributed by atoms with Gasteiger partial charge in [-0.2, -0.15) is 0 Å². The van der Waals surface area contributed by atoms with Gasteiger partial charge in [-0.05, 0) is 37.2 Å². The second-order valence-corrected chi connectivity index (χ2v) is 4.18. The average Bonchev–Trinajstić information content (AvgIpc) is 2.11. The third kappa shape index (κ3) is 3.10. The standard InChI is InChI=1S/C10H15BrN2/c1-8-3-4-10(11)5-9(8)6-13(2)7-12/h3-5H,6-7,12H2,1-2H3. The molecule has 0 aliphatic rings. The van der Waals surface area contributed by atoms with Crippen LogP contribution in [-0.2, 0) is 6.54 Å². The molecule has 1 rings (SSSR count). The molecule has 2 N–H and O–H groups in total. The van der Waals surface area contributed by atoms with Crippen LogP contribution >= 0.6 is 15.9 Å². The summed E-state index contributed by atoms with van der Waals surface area (Å²) in [6.07, 6.45) is 0. The number of aryl methyl sites for hydroxylation is 1. The molecule has 1 aromatic carbocycles. The first-order valence-electron chi connectivity index (χ1n) is 4.27. The van der Waals surface area contributed by atoms with Crippen LogP contribution in [0.5, 0.6) is 0 Å². The van der Waals surface area contributed by atoms with E-state index in [0.717, 1.165) is 11.0 Å². The van der Waals surface area contributed by atoms with Crippen LogP contribution in [0.1, 0.15) is 11.1 Å². The number of nitrogens with two attached hydrogens (primary N) is 1. The van der Waals surface area contributed by atoms with Gasteiger partial charge in [-0.3, -0.25) is 4.90 Å². The lowest BCUT2D eigenvalue weighted by atomic mass is 10.1. The van der Waals surface area contributed by atoms with Gasteiger partial charge in [0.25, 0.3) is 0 Å². The van der Waals surface area contributed by atoms with Gasteiger partial charge in [-0.15, -0.1) is 0 Å². The largest absolute Gasteiger partial charge is 0.318 e. The Bertz CT molecular complexity index is 286. The van der Waals surface area contributed by atoms with Crippen LogP contribution in [0.4, 0.5) is 0 Å². The lowest BCUT2D eigenvalue weighted by Gasteiger charge is -2.15. The van der Waals surface area contributed by atoms with Crippen LogP contribution < -0.4 is 5.73 Å². The summed E-state index contributed by atoms with van der Waals surface area (Å²) in [5.74, 6) is 0. The SMILES string of the molecule is Cc1ccc(Br)cc1CN(C)CN. The number of hydrogen-bond acceptors (Lipinski definition) is 2. The lowest BCUT2D eigenvalue weighted by Crippen LogP contribution is -2.25. The fraction of sp³-hybridized carbons (Fsp3) is 0.400. The van der Waals surface area contributed by atoms with Gasteiger partial charge in [0, 0.05) is 17.7 Å². The summed E-state index contributed by atoms with van der Waals surface area (Å²) in [7, 11) is 2.01. The van der Waals surface area contributed by atoms with Crippen molar-refractivity contribution in [3.05, 3.63) is 33.8 Å². The summed E-state index contributed by atoms with van der Waals surface area (Å²) >= 11 is 3.46. The fourth-order valence-electron chi connectivity index (χ4n) is 1.17. The normalized spacial score (nSPS) is 10.8. The highest BCUT2D eigenvalue weighted by Gasteiger charge is 2.01. The zero-order chi connectivity index (χ0) is 9.84. The van der Waals surface area contributed by atoms with Crippen LogP contribution in [0, 0.1) is 6.92 Å². The Morgan fingerprint density at radius 1 is 1.46 bits per heavy atom. The molecule has 0 saturated heterocycles. The van der Waals surface area contributed by atoms with E-state index in [-0.39, 0.29) is 0 Å². The molecule has 72 valence electrons. The maximum atomic E-state index is 5.52. The maximum Gasteiger partial charge on any atom is 0.0455 e. The van der Waals surface area contributed by atoms with Crippen LogP contribution in [0.3, 0.4) is 0 Å². The van der Waals surface area contributed by atoms with Gasteiger partial charge >= 0.3 is 0 Å². The van der Waals surface area contributed by atoms with Gasteiger partial charge in [0.15, 0.2) is 0 Å². The highest BCUT2D eigenvalue weighted by Crippen LogP contribution is 2.16. The maximum absolute atomic E-state index is 5.52. The molecule has 0 bridgehead atoms. The second kappa shape index (κ2) is 4.74. The van der Waals surface area contributed by atoms with Gasteiger partial charge in [0.2, 0.25) is 0 Å². The smallest absolute Gasteiger partial charge is 0.0455 e.